The molecule has 0 radical (unpaired) electrons. The molecule has 1 aliphatic heterocycles. The zero-order chi connectivity index (χ0) is 22.7. The van der Waals surface area contributed by atoms with Gasteiger partial charge in [0.15, 0.2) is 0 Å². The number of barbiturate groups is 1. The molecule has 3 aromatic rings. The fourth-order valence-electron chi connectivity index (χ4n) is 3.69. The molecule has 0 aliphatic carbocycles. The molecule has 0 atom stereocenters. The van der Waals surface area contributed by atoms with Gasteiger partial charge in [-0.15, -0.1) is 0 Å². The zero-order valence-electron chi connectivity index (χ0n) is 17.5. The molecule has 1 fully saturated rings. The van der Waals surface area contributed by atoms with Crippen LogP contribution < -0.4 is 10.2 Å². The quantitative estimate of drug-likeness (QED) is 0.475. The number of hydrogen-bond donors (Lipinski definition) is 1. The Morgan fingerprint density at radius 2 is 1.66 bits per heavy atom. The van der Waals surface area contributed by atoms with Crippen LogP contribution >= 0.6 is 0 Å². The second kappa shape index (κ2) is 8.98. The number of nitrogens with zero attached hydrogens (tertiary/aromatic N) is 1. The van der Waals surface area contributed by atoms with E-state index in [9.17, 15) is 18.8 Å². The summed E-state index contributed by atoms with van der Waals surface area (Å²) in [6.07, 6.45) is 2.66. The van der Waals surface area contributed by atoms with Crippen LogP contribution in [0.3, 0.4) is 0 Å². The van der Waals surface area contributed by atoms with E-state index in [1.54, 1.807) is 30.3 Å². The summed E-state index contributed by atoms with van der Waals surface area (Å²) in [5.74, 6) is -1.67. The molecule has 6 heteroatoms. The molecule has 0 bridgehead atoms. The molecule has 3 aromatic carbocycles. The molecule has 1 N–H and O–H groups in total. The second-order valence-electron chi connectivity index (χ2n) is 7.49. The number of aryl methyl sites for hydroxylation is 1. The van der Waals surface area contributed by atoms with Crippen molar-refractivity contribution in [3.05, 3.63) is 106 Å². The molecule has 32 heavy (non-hydrogen) atoms. The van der Waals surface area contributed by atoms with Crippen molar-refractivity contribution in [2.75, 3.05) is 4.90 Å². The monoisotopic (exact) mass is 428 g/mol. The van der Waals surface area contributed by atoms with Crippen molar-refractivity contribution in [3.63, 3.8) is 0 Å². The van der Waals surface area contributed by atoms with Gasteiger partial charge in [-0.25, -0.2) is 14.1 Å². The molecule has 4 rings (SSSR count). The first-order valence-electron chi connectivity index (χ1n) is 10.3. The van der Waals surface area contributed by atoms with E-state index in [4.69, 9.17) is 0 Å². The van der Waals surface area contributed by atoms with E-state index in [2.05, 4.69) is 5.32 Å². The maximum absolute atomic E-state index is 13.4. The first kappa shape index (κ1) is 21.2. The fourth-order valence-corrected chi connectivity index (χ4v) is 3.69. The third kappa shape index (κ3) is 4.34. The van der Waals surface area contributed by atoms with E-state index >= 15 is 0 Å². The predicted molar refractivity (Wildman–Crippen MR) is 120 cm³/mol. The van der Waals surface area contributed by atoms with Crippen molar-refractivity contribution in [1.29, 1.82) is 0 Å². The molecule has 1 heterocycles. The first-order chi connectivity index (χ1) is 15.5. The molecule has 160 valence electrons. The van der Waals surface area contributed by atoms with Crippen LogP contribution in [0.15, 0.2) is 78.4 Å². The highest BCUT2D eigenvalue weighted by atomic mass is 19.1. The van der Waals surface area contributed by atoms with Crippen LogP contribution in [0.25, 0.3) is 6.08 Å². The molecule has 0 saturated carbocycles. The van der Waals surface area contributed by atoms with Crippen molar-refractivity contribution < 1.29 is 18.8 Å². The lowest BCUT2D eigenvalue weighted by Crippen LogP contribution is -2.54. The maximum Gasteiger partial charge on any atom is 0.335 e. The summed E-state index contributed by atoms with van der Waals surface area (Å²) < 4.78 is 13.4. The number of amides is 4. The topological polar surface area (TPSA) is 66.5 Å². The van der Waals surface area contributed by atoms with Crippen LogP contribution in [-0.2, 0) is 22.4 Å². The van der Waals surface area contributed by atoms with Gasteiger partial charge in [0.2, 0.25) is 0 Å². The third-order valence-electron chi connectivity index (χ3n) is 5.30. The van der Waals surface area contributed by atoms with Gasteiger partial charge < -0.3 is 0 Å². The molecular weight excluding hydrogens is 407 g/mol. The largest absolute Gasteiger partial charge is 0.335 e. The Labute approximate surface area is 185 Å². The molecule has 5 nitrogen and oxygen atoms in total. The van der Waals surface area contributed by atoms with E-state index in [1.165, 1.54) is 18.2 Å². The minimum atomic E-state index is -0.761. The predicted octanol–water partition coefficient (Wildman–Crippen LogP) is 4.65. The van der Waals surface area contributed by atoms with E-state index in [-0.39, 0.29) is 11.4 Å². The lowest BCUT2D eigenvalue weighted by molar-refractivity contribution is -0.122. The van der Waals surface area contributed by atoms with Crippen LogP contribution in [-0.4, -0.2) is 17.8 Å². The number of carbonyl (C=O) groups excluding carboxylic acids is 3. The van der Waals surface area contributed by atoms with E-state index in [1.807, 2.05) is 37.3 Å². The van der Waals surface area contributed by atoms with Crippen LogP contribution in [0, 0.1) is 5.82 Å². The highest BCUT2D eigenvalue weighted by Crippen LogP contribution is 2.26. The number of para-hydroxylation sites is 1. The Balaban J connectivity index is 1.60. The van der Waals surface area contributed by atoms with Crippen molar-refractivity contribution >= 4 is 29.6 Å². The van der Waals surface area contributed by atoms with E-state index in [0.29, 0.717) is 24.1 Å². The van der Waals surface area contributed by atoms with Crippen LogP contribution in [0.5, 0.6) is 0 Å². The summed E-state index contributed by atoms with van der Waals surface area (Å²) in [6.45, 7) is 1.93. The smallest absolute Gasteiger partial charge is 0.273 e. The van der Waals surface area contributed by atoms with E-state index < -0.39 is 17.8 Å². The summed E-state index contributed by atoms with van der Waals surface area (Å²) in [5.41, 5.74) is 3.62. The minimum Gasteiger partial charge on any atom is -0.273 e. The molecule has 1 aliphatic rings. The molecule has 0 unspecified atom stereocenters. The summed E-state index contributed by atoms with van der Waals surface area (Å²) in [5, 5.41) is 2.25. The van der Waals surface area contributed by atoms with Crippen LogP contribution in [0.2, 0.25) is 0 Å². The molecule has 0 aromatic heterocycles. The summed E-state index contributed by atoms with van der Waals surface area (Å²) in [7, 11) is 0. The minimum absolute atomic E-state index is 0.117. The Bertz CT molecular complexity index is 1230. The number of rotatable bonds is 5. The van der Waals surface area contributed by atoms with Gasteiger partial charge in [0.1, 0.15) is 11.4 Å². The molecule has 4 amide bonds. The van der Waals surface area contributed by atoms with Gasteiger partial charge in [-0.2, -0.15) is 0 Å². The number of urea groups is 1. The van der Waals surface area contributed by atoms with Crippen LogP contribution in [0.4, 0.5) is 14.9 Å². The lowest BCUT2D eigenvalue weighted by atomic mass is 10.0. The number of imide groups is 2. The van der Waals surface area contributed by atoms with Gasteiger partial charge in [-0.1, -0.05) is 61.5 Å². The Kier molecular flexibility index (Phi) is 5.94. The second-order valence-corrected chi connectivity index (χ2v) is 7.49. The molecular formula is C26H21FN2O3. The van der Waals surface area contributed by atoms with Crippen LogP contribution in [0.1, 0.15) is 29.2 Å². The van der Waals surface area contributed by atoms with Gasteiger partial charge in [-0.05, 0) is 59.4 Å². The summed E-state index contributed by atoms with van der Waals surface area (Å²) in [4.78, 5) is 39.0. The summed E-state index contributed by atoms with van der Waals surface area (Å²) >= 11 is 0. The Morgan fingerprint density at radius 3 is 2.38 bits per heavy atom. The number of halogens is 1. The van der Waals surface area contributed by atoms with Crippen molar-refractivity contribution in [2.24, 2.45) is 0 Å². The number of nitrogens with one attached hydrogen (secondary N) is 1. The van der Waals surface area contributed by atoms with Gasteiger partial charge in [0.25, 0.3) is 11.8 Å². The first-order valence-corrected chi connectivity index (χ1v) is 10.3. The average molecular weight is 428 g/mol. The van der Waals surface area contributed by atoms with Crippen molar-refractivity contribution in [2.45, 2.75) is 19.8 Å². The fraction of sp³-hybridized carbons (Fsp3) is 0.115. The SMILES string of the molecule is CCc1ccccc1N1C(=O)NC(=O)/C(=C/c2ccc(Cc3cccc(F)c3)cc2)C1=O. The standard InChI is InChI=1S/C26H21FN2O3/c1-2-20-7-3-4-9-23(20)29-25(31)22(24(30)28-26(29)32)16-18-12-10-17(11-13-18)14-19-6-5-8-21(27)15-19/h3-13,15-16H,2,14H2,1H3,(H,28,30,32)/b22-16-. The molecule has 1 saturated heterocycles. The highest BCUT2D eigenvalue weighted by Gasteiger charge is 2.37. The van der Waals surface area contributed by atoms with Crippen molar-refractivity contribution in [3.8, 4) is 0 Å². The third-order valence-corrected chi connectivity index (χ3v) is 5.30. The molecule has 0 spiro atoms. The summed E-state index contributed by atoms with van der Waals surface area (Å²) in [6, 6.07) is 20.0. The van der Waals surface area contributed by atoms with Gasteiger partial charge in [0.05, 0.1) is 5.69 Å². The van der Waals surface area contributed by atoms with Gasteiger partial charge in [-0.3, -0.25) is 14.9 Å². The Hall–Kier alpha value is -4.06. The van der Waals surface area contributed by atoms with Gasteiger partial charge in [0, 0.05) is 0 Å². The highest BCUT2D eigenvalue weighted by molar-refractivity contribution is 6.39. The maximum atomic E-state index is 13.4. The average Bonchev–Trinajstić information content (AvgIpc) is 2.78. The number of hydrogen-bond acceptors (Lipinski definition) is 3. The number of benzene rings is 3. The number of anilines is 1. The van der Waals surface area contributed by atoms with Gasteiger partial charge >= 0.3 is 6.03 Å². The van der Waals surface area contributed by atoms with E-state index in [0.717, 1.165) is 21.6 Å². The van der Waals surface area contributed by atoms with Crippen molar-refractivity contribution in [1.82, 2.24) is 5.32 Å². The normalized spacial score (nSPS) is 15.2. The Morgan fingerprint density at radius 1 is 0.906 bits per heavy atom. The zero-order valence-corrected chi connectivity index (χ0v) is 17.5. The number of carbonyl (C=O) groups is 3. The lowest BCUT2D eigenvalue weighted by Gasteiger charge is -2.28.